The van der Waals surface area contributed by atoms with Crippen molar-refractivity contribution in [3.8, 4) is 5.75 Å². The third-order valence-corrected chi connectivity index (χ3v) is 4.20. The van der Waals surface area contributed by atoms with Gasteiger partial charge in [0, 0.05) is 23.2 Å². The molecule has 7 heteroatoms. The monoisotopic (exact) mass is 352 g/mol. The number of anilines is 1. The molecule has 2 rings (SSSR count). The lowest BCUT2D eigenvalue weighted by molar-refractivity contribution is 0.252. The van der Waals surface area contributed by atoms with Crippen LogP contribution in [0.4, 0.5) is 19.3 Å². The summed E-state index contributed by atoms with van der Waals surface area (Å²) in [6.07, 6.45) is 0.756. The molecule has 24 heavy (non-hydrogen) atoms. The SMILES string of the molecule is COc1ccc(NC(=O)NCCCSc2ccc(F)cc2)cc1F. The third kappa shape index (κ3) is 5.73. The van der Waals surface area contributed by atoms with Gasteiger partial charge >= 0.3 is 6.03 Å². The van der Waals surface area contributed by atoms with Crippen LogP contribution in [0.25, 0.3) is 0 Å². The van der Waals surface area contributed by atoms with Gasteiger partial charge in [0.05, 0.1) is 7.11 Å². The average Bonchev–Trinajstić information content (AvgIpc) is 2.56. The zero-order valence-electron chi connectivity index (χ0n) is 13.1. The number of ether oxygens (including phenoxy) is 1. The summed E-state index contributed by atoms with van der Waals surface area (Å²) in [7, 11) is 1.38. The van der Waals surface area contributed by atoms with Gasteiger partial charge in [-0.15, -0.1) is 11.8 Å². The first-order valence-electron chi connectivity index (χ1n) is 7.35. The Morgan fingerprint density at radius 2 is 1.92 bits per heavy atom. The molecule has 0 saturated heterocycles. The molecule has 0 spiro atoms. The minimum Gasteiger partial charge on any atom is -0.494 e. The van der Waals surface area contributed by atoms with Crippen molar-refractivity contribution >= 4 is 23.5 Å². The quantitative estimate of drug-likeness (QED) is 0.578. The maximum absolute atomic E-state index is 13.5. The molecule has 0 aliphatic heterocycles. The van der Waals surface area contributed by atoms with E-state index in [-0.39, 0.29) is 11.6 Å². The summed E-state index contributed by atoms with van der Waals surface area (Å²) in [5.74, 6) is 0.126. The van der Waals surface area contributed by atoms with Crippen LogP contribution < -0.4 is 15.4 Å². The van der Waals surface area contributed by atoms with Crippen molar-refractivity contribution in [1.82, 2.24) is 5.32 Å². The molecule has 0 aliphatic carbocycles. The van der Waals surface area contributed by atoms with Crippen molar-refractivity contribution in [2.24, 2.45) is 0 Å². The number of rotatable bonds is 7. The molecular formula is C17H18F2N2O2S. The van der Waals surface area contributed by atoms with Gasteiger partial charge in [-0.05, 0) is 48.6 Å². The molecule has 0 atom stereocenters. The number of benzene rings is 2. The molecule has 0 unspecified atom stereocenters. The summed E-state index contributed by atoms with van der Waals surface area (Å²) in [5, 5.41) is 5.25. The van der Waals surface area contributed by atoms with E-state index in [1.165, 1.54) is 31.4 Å². The first-order chi connectivity index (χ1) is 11.6. The number of carbonyl (C=O) groups excluding carboxylic acids is 1. The number of hydrogen-bond acceptors (Lipinski definition) is 3. The zero-order valence-corrected chi connectivity index (χ0v) is 14.0. The lowest BCUT2D eigenvalue weighted by Crippen LogP contribution is -2.29. The predicted octanol–water partition coefficient (Wildman–Crippen LogP) is 4.28. The number of amides is 2. The minimum atomic E-state index is -0.536. The Kier molecular flexibility index (Phi) is 6.87. The Hall–Kier alpha value is -2.28. The van der Waals surface area contributed by atoms with Gasteiger partial charge in [-0.25, -0.2) is 13.6 Å². The van der Waals surface area contributed by atoms with Crippen LogP contribution in [0.3, 0.4) is 0 Å². The molecule has 0 bridgehead atoms. The maximum Gasteiger partial charge on any atom is 0.319 e. The third-order valence-electron chi connectivity index (χ3n) is 3.10. The molecule has 4 nitrogen and oxygen atoms in total. The first-order valence-corrected chi connectivity index (χ1v) is 8.34. The van der Waals surface area contributed by atoms with E-state index in [1.54, 1.807) is 30.0 Å². The largest absolute Gasteiger partial charge is 0.494 e. The average molecular weight is 352 g/mol. The number of nitrogens with one attached hydrogen (secondary N) is 2. The van der Waals surface area contributed by atoms with E-state index in [4.69, 9.17) is 4.74 Å². The van der Waals surface area contributed by atoms with Crippen molar-refractivity contribution in [3.05, 3.63) is 54.1 Å². The molecule has 0 aliphatic rings. The fraction of sp³-hybridized carbons (Fsp3) is 0.235. The Labute approximate surface area is 143 Å². The van der Waals surface area contributed by atoms with Gasteiger partial charge in [0.2, 0.25) is 0 Å². The van der Waals surface area contributed by atoms with Gasteiger partial charge < -0.3 is 15.4 Å². The minimum absolute atomic E-state index is 0.124. The molecule has 0 heterocycles. The summed E-state index contributed by atoms with van der Waals surface area (Å²) in [6, 6.07) is 10.1. The molecule has 2 N–H and O–H groups in total. The molecule has 0 aromatic heterocycles. The highest BCUT2D eigenvalue weighted by atomic mass is 32.2. The van der Waals surface area contributed by atoms with Crippen LogP contribution in [0.15, 0.2) is 47.4 Å². The number of urea groups is 1. The second-order valence-corrected chi connectivity index (χ2v) is 6.05. The lowest BCUT2D eigenvalue weighted by Gasteiger charge is -2.09. The van der Waals surface area contributed by atoms with E-state index >= 15 is 0 Å². The highest BCUT2D eigenvalue weighted by molar-refractivity contribution is 7.99. The van der Waals surface area contributed by atoms with E-state index in [0.29, 0.717) is 12.2 Å². The maximum atomic E-state index is 13.5. The van der Waals surface area contributed by atoms with Crippen LogP contribution >= 0.6 is 11.8 Å². The van der Waals surface area contributed by atoms with E-state index in [0.717, 1.165) is 17.1 Å². The van der Waals surface area contributed by atoms with Crippen molar-refractivity contribution in [1.29, 1.82) is 0 Å². The Bertz CT molecular complexity index is 681. The van der Waals surface area contributed by atoms with Crippen LogP contribution in [0.1, 0.15) is 6.42 Å². The second-order valence-electron chi connectivity index (χ2n) is 4.89. The van der Waals surface area contributed by atoms with Crippen molar-refractivity contribution < 1.29 is 18.3 Å². The van der Waals surface area contributed by atoms with Gasteiger partial charge in [-0.3, -0.25) is 0 Å². The normalized spacial score (nSPS) is 10.3. The molecule has 2 amide bonds. The number of halogens is 2. The topological polar surface area (TPSA) is 50.4 Å². The van der Waals surface area contributed by atoms with E-state index < -0.39 is 11.8 Å². The van der Waals surface area contributed by atoms with Crippen molar-refractivity contribution in [3.63, 3.8) is 0 Å². The fourth-order valence-corrected chi connectivity index (χ4v) is 2.77. The first kappa shape index (κ1) is 18.1. The summed E-state index contributed by atoms with van der Waals surface area (Å²) < 4.78 is 31.1. The number of methoxy groups -OCH3 is 1. The molecule has 0 radical (unpaired) electrons. The van der Waals surface area contributed by atoms with Gasteiger partial charge in [-0.1, -0.05) is 0 Å². The Morgan fingerprint density at radius 1 is 1.17 bits per heavy atom. The van der Waals surface area contributed by atoms with Gasteiger partial charge in [0.25, 0.3) is 0 Å². The highest BCUT2D eigenvalue weighted by Gasteiger charge is 2.06. The van der Waals surface area contributed by atoms with Crippen molar-refractivity contribution in [2.45, 2.75) is 11.3 Å². The molecule has 0 fully saturated rings. The van der Waals surface area contributed by atoms with Crippen molar-refractivity contribution in [2.75, 3.05) is 24.7 Å². The van der Waals surface area contributed by atoms with Gasteiger partial charge in [-0.2, -0.15) is 0 Å². The lowest BCUT2D eigenvalue weighted by atomic mass is 10.3. The molecule has 0 saturated carbocycles. The van der Waals surface area contributed by atoms with E-state index in [1.807, 2.05) is 0 Å². The summed E-state index contributed by atoms with van der Waals surface area (Å²) in [6.45, 7) is 0.485. The number of hydrogen-bond donors (Lipinski definition) is 2. The summed E-state index contributed by atoms with van der Waals surface area (Å²) >= 11 is 1.59. The second kappa shape index (κ2) is 9.12. The Balaban J connectivity index is 1.66. The molecular weight excluding hydrogens is 334 g/mol. The van der Waals surface area contributed by atoms with Gasteiger partial charge in [0.1, 0.15) is 5.82 Å². The Morgan fingerprint density at radius 3 is 2.58 bits per heavy atom. The summed E-state index contributed by atoms with van der Waals surface area (Å²) in [5.41, 5.74) is 0.353. The van der Waals surface area contributed by atoms with Crippen LogP contribution in [0, 0.1) is 11.6 Å². The van der Waals surface area contributed by atoms with Crippen LogP contribution in [0.5, 0.6) is 5.75 Å². The molecule has 128 valence electrons. The smallest absolute Gasteiger partial charge is 0.319 e. The molecule has 2 aromatic carbocycles. The standard InChI is InChI=1S/C17H18F2N2O2S/c1-23-16-8-5-13(11-15(16)19)21-17(22)20-9-2-10-24-14-6-3-12(18)4-7-14/h3-8,11H,2,9-10H2,1H3,(H2,20,21,22). The van der Waals surface area contributed by atoms with Crippen LogP contribution in [-0.2, 0) is 0 Å². The van der Waals surface area contributed by atoms with Gasteiger partial charge in [0.15, 0.2) is 11.6 Å². The molecule has 2 aromatic rings. The fourth-order valence-electron chi connectivity index (χ4n) is 1.91. The van der Waals surface area contributed by atoms with Crippen LogP contribution in [0.2, 0.25) is 0 Å². The predicted molar refractivity (Wildman–Crippen MR) is 91.7 cm³/mol. The van der Waals surface area contributed by atoms with E-state index in [2.05, 4.69) is 10.6 Å². The van der Waals surface area contributed by atoms with Crippen LogP contribution in [-0.4, -0.2) is 25.4 Å². The number of carbonyl (C=O) groups is 1. The summed E-state index contributed by atoms with van der Waals surface area (Å²) in [4.78, 5) is 12.7. The zero-order chi connectivity index (χ0) is 17.4. The highest BCUT2D eigenvalue weighted by Crippen LogP contribution is 2.20. The number of thioether (sulfide) groups is 1. The van der Waals surface area contributed by atoms with E-state index in [9.17, 15) is 13.6 Å².